The molecule has 0 saturated carbocycles. The van der Waals surface area contributed by atoms with Gasteiger partial charge in [0.15, 0.2) is 17.8 Å². The molecule has 7 nitrogen and oxygen atoms in total. The fourth-order valence-corrected chi connectivity index (χ4v) is 3.06. The lowest BCUT2D eigenvalue weighted by Crippen LogP contribution is -2.56. The number of ether oxygens (including phenoxy) is 2. The van der Waals surface area contributed by atoms with Crippen LogP contribution in [-0.2, 0) is 4.74 Å². The Kier molecular flexibility index (Phi) is 4.12. The normalized spacial score (nSPS) is 20.1. The standard InChI is InChI=1S/C18H17N3O4/c19-8-12-3-5-13(6-4-12)25-14-9-21(10-14)18(22)16-17(24-11-20-16)15-2-1-7-23-15/h3-6,11,14-15H,1-2,7,9-10H2. The Hall–Kier alpha value is -2.85. The number of aromatic nitrogens is 1. The lowest BCUT2D eigenvalue weighted by atomic mass is 10.1. The maximum atomic E-state index is 12.6. The van der Waals surface area contributed by atoms with Crippen molar-refractivity contribution in [2.45, 2.75) is 25.0 Å². The van der Waals surface area contributed by atoms with Crippen LogP contribution in [0.25, 0.3) is 0 Å². The number of likely N-dealkylation sites (tertiary alicyclic amines) is 1. The second-order valence-electron chi connectivity index (χ2n) is 6.15. The topological polar surface area (TPSA) is 88.6 Å². The molecule has 0 radical (unpaired) electrons. The fraction of sp³-hybridized carbons (Fsp3) is 0.389. The molecule has 2 fully saturated rings. The van der Waals surface area contributed by atoms with Crippen molar-refractivity contribution in [2.75, 3.05) is 19.7 Å². The molecule has 7 heteroatoms. The molecule has 2 aliphatic heterocycles. The Morgan fingerprint density at radius 2 is 2.12 bits per heavy atom. The molecule has 2 saturated heterocycles. The van der Waals surface area contributed by atoms with Gasteiger partial charge in [-0.3, -0.25) is 4.79 Å². The zero-order valence-electron chi connectivity index (χ0n) is 13.6. The summed E-state index contributed by atoms with van der Waals surface area (Å²) >= 11 is 0. The van der Waals surface area contributed by atoms with Crippen LogP contribution in [0.15, 0.2) is 35.1 Å². The van der Waals surface area contributed by atoms with Gasteiger partial charge in [-0.2, -0.15) is 5.26 Å². The van der Waals surface area contributed by atoms with E-state index in [-0.39, 0.29) is 18.1 Å². The van der Waals surface area contributed by atoms with Crippen molar-refractivity contribution in [2.24, 2.45) is 0 Å². The number of rotatable bonds is 4. The summed E-state index contributed by atoms with van der Waals surface area (Å²) < 4.78 is 16.8. The van der Waals surface area contributed by atoms with Crippen LogP contribution in [0.2, 0.25) is 0 Å². The molecule has 0 spiro atoms. The number of nitriles is 1. The van der Waals surface area contributed by atoms with Gasteiger partial charge in [-0.05, 0) is 37.1 Å². The molecule has 0 aliphatic carbocycles. The van der Waals surface area contributed by atoms with Crippen LogP contribution in [0, 0.1) is 11.3 Å². The van der Waals surface area contributed by atoms with Crippen molar-refractivity contribution in [1.82, 2.24) is 9.88 Å². The lowest BCUT2D eigenvalue weighted by molar-refractivity contribution is 0.0166. The SMILES string of the molecule is N#Cc1ccc(OC2CN(C(=O)c3ncoc3C3CCCO3)C2)cc1. The number of benzene rings is 1. The van der Waals surface area contributed by atoms with Gasteiger partial charge < -0.3 is 18.8 Å². The molecule has 25 heavy (non-hydrogen) atoms. The zero-order chi connectivity index (χ0) is 17.2. The van der Waals surface area contributed by atoms with E-state index < -0.39 is 0 Å². The molecule has 1 amide bonds. The van der Waals surface area contributed by atoms with Crippen molar-refractivity contribution in [3.63, 3.8) is 0 Å². The van der Waals surface area contributed by atoms with Crippen LogP contribution >= 0.6 is 0 Å². The van der Waals surface area contributed by atoms with Crippen LogP contribution in [0.5, 0.6) is 5.75 Å². The summed E-state index contributed by atoms with van der Waals surface area (Å²) in [6.07, 6.45) is 2.88. The van der Waals surface area contributed by atoms with E-state index in [0.29, 0.717) is 42.5 Å². The van der Waals surface area contributed by atoms with E-state index in [1.54, 1.807) is 29.2 Å². The Morgan fingerprint density at radius 3 is 2.80 bits per heavy atom. The average Bonchev–Trinajstić information content (AvgIpc) is 3.28. The predicted octanol–water partition coefficient (Wildman–Crippen LogP) is 2.30. The van der Waals surface area contributed by atoms with Gasteiger partial charge >= 0.3 is 0 Å². The van der Waals surface area contributed by atoms with Crippen molar-refractivity contribution >= 4 is 5.91 Å². The average molecular weight is 339 g/mol. The number of nitrogens with zero attached hydrogens (tertiary/aromatic N) is 3. The third-order valence-corrected chi connectivity index (χ3v) is 4.44. The van der Waals surface area contributed by atoms with Gasteiger partial charge in [0.25, 0.3) is 5.91 Å². The summed E-state index contributed by atoms with van der Waals surface area (Å²) in [6, 6.07) is 9.00. The molecule has 3 heterocycles. The largest absolute Gasteiger partial charge is 0.487 e. The van der Waals surface area contributed by atoms with Crippen LogP contribution in [-0.4, -0.2) is 41.6 Å². The summed E-state index contributed by atoms with van der Waals surface area (Å²) in [5.74, 6) is 1.07. The highest BCUT2D eigenvalue weighted by Gasteiger charge is 2.37. The summed E-state index contributed by atoms with van der Waals surface area (Å²) in [5.41, 5.74) is 0.925. The Bertz CT molecular complexity index is 796. The molecular weight excluding hydrogens is 322 g/mol. The van der Waals surface area contributed by atoms with E-state index in [9.17, 15) is 4.79 Å². The first-order valence-electron chi connectivity index (χ1n) is 8.25. The van der Waals surface area contributed by atoms with Gasteiger partial charge in [0, 0.05) is 6.61 Å². The molecule has 0 N–H and O–H groups in total. The number of carbonyl (C=O) groups is 1. The number of oxazole rings is 1. The Labute approximate surface area is 144 Å². The minimum atomic E-state index is -0.173. The molecule has 128 valence electrons. The minimum absolute atomic E-state index is 0.0602. The van der Waals surface area contributed by atoms with Crippen molar-refractivity contribution < 1.29 is 18.7 Å². The number of carbonyl (C=O) groups excluding carboxylic acids is 1. The summed E-state index contributed by atoms with van der Waals surface area (Å²) in [5, 5.41) is 8.80. The number of amides is 1. The van der Waals surface area contributed by atoms with Gasteiger partial charge in [0.2, 0.25) is 0 Å². The van der Waals surface area contributed by atoms with Gasteiger partial charge in [0.05, 0.1) is 24.7 Å². The molecule has 2 aliphatic rings. The van der Waals surface area contributed by atoms with E-state index >= 15 is 0 Å². The van der Waals surface area contributed by atoms with Gasteiger partial charge in [-0.15, -0.1) is 0 Å². The van der Waals surface area contributed by atoms with E-state index in [0.717, 1.165) is 12.8 Å². The fourth-order valence-electron chi connectivity index (χ4n) is 3.06. The van der Waals surface area contributed by atoms with Crippen LogP contribution in [0.3, 0.4) is 0 Å². The van der Waals surface area contributed by atoms with Gasteiger partial charge in [-0.1, -0.05) is 0 Å². The number of hydrogen-bond acceptors (Lipinski definition) is 6. The molecule has 1 aromatic heterocycles. The molecular formula is C18H17N3O4. The van der Waals surface area contributed by atoms with E-state index in [2.05, 4.69) is 11.1 Å². The highest BCUT2D eigenvalue weighted by molar-refractivity contribution is 5.94. The molecule has 1 atom stereocenters. The zero-order valence-corrected chi connectivity index (χ0v) is 13.6. The highest BCUT2D eigenvalue weighted by Crippen LogP contribution is 2.31. The van der Waals surface area contributed by atoms with Gasteiger partial charge in [0.1, 0.15) is 18.0 Å². The first kappa shape index (κ1) is 15.7. The first-order valence-corrected chi connectivity index (χ1v) is 8.25. The van der Waals surface area contributed by atoms with E-state index in [1.807, 2.05) is 0 Å². The smallest absolute Gasteiger partial charge is 0.276 e. The monoisotopic (exact) mass is 339 g/mol. The summed E-state index contributed by atoms with van der Waals surface area (Å²) in [6.45, 7) is 1.68. The third-order valence-electron chi connectivity index (χ3n) is 4.44. The Balaban J connectivity index is 1.35. The highest BCUT2D eigenvalue weighted by atomic mass is 16.5. The van der Waals surface area contributed by atoms with Crippen molar-refractivity contribution in [3.8, 4) is 11.8 Å². The summed E-state index contributed by atoms with van der Waals surface area (Å²) in [4.78, 5) is 18.4. The van der Waals surface area contributed by atoms with Crippen molar-refractivity contribution in [1.29, 1.82) is 5.26 Å². The lowest BCUT2D eigenvalue weighted by Gasteiger charge is -2.38. The first-order chi connectivity index (χ1) is 12.2. The predicted molar refractivity (Wildman–Crippen MR) is 85.9 cm³/mol. The quantitative estimate of drug-likeness (QED) is 0.849. The molecule has 1 aromatic carbocycles. The molecule has 4 rings (SSSR count). The maximum absolute atomic E-state index is 12.6. The maximum Gasteiger partial charge on any atom is 0.276 e. The van der Waals surface area contributed by atoms with Gasteiger partial charge in [-0.25, -0.2) is 4.98 Å². The van der Waals surface area contributed by atoms with E-state index in [4.69, 9.17) is 19.2 Å². The van der Waals surface area contributed by atoms with Crippen molar-refractivity contribution in [3.05, 3.63) is 47.7 Å². The number of hydrogen-bond donors (Lipinski definition) is 0. The molecule has 0 bridgehead atoms. The minimum Gasteiger partial charge on any atom is -0.487 e. The second-order valence-corrected chi connectivity index (χ2v) is 6.15. The van der Waals surface area contributed by atoms with E-state index in [1.165, 1.54) is 6.39 Å². The van der Waals surface area contributed by atoms with Crippen LogP contribution < -0.4 is 4.74 Å². The van der Waals surface area contributed by atoms with Crippen LogP contribution in [0.1, 0.15) is 40.8 Å². The second kappa shape index (κ2) is 6.57. The molecule has 2 aromatic rings. The van der Waals surface area contributed by atoms with Crippen LogP contribution in [0.4, 0.5) is 0 Å². The molecule has 1 unspecified atom stereocenters. The third kappa shape index (κ3) is 3.08. The summed E-state index contributed by atoms with van der Waals surface area (Å²) in [7, 11) is 0. The Morgan fingerprint density at radius 1 is 1.32 bits per heavy atom.